The van der Waals surface area contributed by atoms with Gasteiger partial charge in [0.05, 0.1) is 17.8 Å². The second-order valence-corrected chi connectivity index (χ2v) is 9.27. The summed E-state index contributed by atoms with van der Waals surface area (Å²) < 4.78 is 18.5. The Labute approximate surface area is 219 Å². The number of piperidine rings is 1. The minimum absolute atomic E-state index is 0.0932. The van der Waals surface area contributed by atoms with Crippen LogP contribution in [0.15, 0.2) is 83.4 Å². The summed E-state index contributed by atoms with van der Waals surface area (Å²) in [5.41, 5.74) is 2.62. The van der Waals surface area contributed by atoms with Crippen molar-refractivity contribution in [2.75, 3.05) is 18.4 Å². The van der Waals surface area contributed by atoms with Crippen LogP contribution in [0.4, 0.5) is 10.1 Å². The molecule has 0 radical (unpaired) electrons. The number of halogens is 1. The summed E-state index contributed by atoms with van der Waals surface area (Å²) in [7, 11) is 0. The van der Waals surface area contributed by atoms with Gasteiger partial charge in [-0.3, -0.25) is 14.5 Å². The summed E-state index contributed by atoms with van der Waals surface area (Å²) in [6, 6.07) is 22.7. The summed E-state index contributed by atoms with van der Waals surface area (Å²) in [5.74, 6) is 0.0789. The van der Waals surface area contributed by atoms with E-state index in [-0.39, 0.29) is 23.5 Å². The summed E-state index contributed by atoms with van der Waals surface area (Å²) in [5, 5.41) is 9.87. The first-order valence-corrected chi connectivity index (χ1v) is 12.6. The van der Waals surface area contributed by atoms with E-state index in [2.05, 4.69) is 25.7 Å². The van der Waals surface area contributed by atoms with Gasteiger partial charge in [0.1, 0.15) is 5.82 Å². The van der Waals surface area contributed by atoms with E-state index in [1.54, 1.807) is 36.4 Å². The Hall–Kier alpha value is -4.37. The van der Waals surface area contributed by atoms with Gasteiger partial charge in [-0.15, -0.1) is 0 Å². The number of para-hydroxylation sites is 1. The Bertz CT molecular complexity index is 1380. The Morgan fingerprint density at radius 2 is 1.66 bits per heavy atom. The summed E-state index contributed by atoms with van der Waals surface area (Å²) in [6.45, 7) is 2.29. The van der Waals surface area contributed by atoms with Crippen molar-refractivity contribution in [2.24, 2.45) is 5.92 Å². The van der Waals surface area contributed by atoms with Crippen LogP contribution < -0.4 is 10.6 Å². The zero-order valence-corrected chi connectivity index (χ0v) is 20.8. The van der Waals surface area contributed by atoms with Gasteiger partial charge in [-0.05, 0) is 67.9 Å². The number of likely N-dealkylation sites (tertiary alicyclic amines) is 1. The SMILES string of the molecule is O=C(NCc1ccccc1)c1ccccc1NC(=O)C1CCN(Cc2nc(-c3ccc(F)cc3)no2)CC1. The van der Waals surface area contributed by atoms with Crippen LogP contribution in [-0.2, 0) is 17.9 Å². The number of aromatic nitrogens is 2. The van der Waals surface area contributed by atoms with Crippen LogP contribution in [0.1, 0.15) is 34.7 Å². The van der Waals surface area contributed by atoms with Crippen molar-refractivity contribution in [1.82, 2.24) is 20.4 Å². The van der Waals surface area contributed by atoms with Crippen LogP contribution in [0.25, 0.3) is 11.4 Å². The van der Waals surface area contributed by atoms with Crippen LogP contribution in [0.3, 0.4) is 0 Å². The molecule has 0 saturated carbocycles. The van der Waals surface area contributed by atoms with Gasteiger partial charge in [0.15, 0.2) is 0 Å². The van der Waals surface area contributed by atoms with Gasteiger partial charge in [-0.25, -0.2) is 4.39 Å². The third-order valence-corrected chi connectivity index (χ3v) is 6.61. The van der Waals surface area contributed by atoms with Gasteiger partial charge in [-0.2, -0.15) is 4.98 Å². The first-order valence-electron chi connectivity index (χ1n) is 12.6. The molecule has 194 valence electrons. The molecular weight excluding hydrogens is 485 g/mol. The molecule has 8 nitrogen and oxygen atoms in total. The molecule has 38 heavy (non-hydrogen) atoms. The fourth-order valence-electron chi connectivity index (χ4n) is 4.48. The number of hydrogen-bond acceptors (Lipinski definition) is 6. The highest BCUT2D eigenvalue weighted by atomic mass is 19.1. The van der Waals surface area contributed by atoms with E-state index in [4.69, 9.17) is 4.52 Å². The van der Waals surface area contributed by atoms with Crippen molar-refractivity contribution in [3.05, 3.63) is 102 Å². The quantitative estimate of drug-likeness (QED) is 0.356. The minimum Gasteiger partial charge on any atom is -0.348 e. The Kier molecular flexibility index (Phi) is 7.84. The molecule has 2 amide bonds. The smallest absolute Gasteiger partial charge is 0.253 e. The van der Waals surface area contributed by atoms with E-state index in [0.717, 1.165) is 5.56 Å². The molecule has 0 atom stereocenters. The average molecular weight is 514 g/mol. The average Bonchev–Trinajstić information content (AvgIpc) is 3.42. The van der Waals surface area contributed by atoms with Gasteiger partial charge in [-0.1, -0.05) is 47.6 Å². The summed E-state index contributed by atoms with van der Waals surface area (Å²) in [6.07, 6.45) is 1.35. The molecule has 0 spiro atoms. The Morgan fingerprint density at radius 3 is 2.42 bits per heavy atom. The van der Waals surface area contributed by atoms with E-state index in [1.807, 2.05) is 30.3 Å². The van der Waals surface area contributed by atoms with Crippen molar-refractivity contribution in [3.8, 4) is 11.4 Å². The Balaban J connectivity index is 1.13. The van der Waals surface area contributed by atoms with Crippen molar-refractivity contribution < 1.29 is 18.5 Å². The number of carbonyl (C=O) groups excluding carboxylic acids is 2. The molecule has 1 aliphatic rings. The normalized spacial score (nSPS) is 14.2. The standard InChI is InChI=1S/C29H28FN5O3/c30-23-12-10-21(11-13-23)27-33-26(38-34-27)19-35-16-14-22(15-17-35)28(36)32-25-9-5-4-8-24(25)29(37)31-18-20-6-2-1-3-7-20/h1-13,22H,14-19H2,(H,31,37)(H,32,36). The maximum Gasteiger partial charge on any atom is 0.253 e. The lowest BCUT2D eigenvalue weighted by Crippen LogP contribution is -2.38. The summed E-state index contributed by atoms with van der Waals surface area (Å²) in [4.78, 5) is 32.4. The van der Waals surface area contributed by atoms with Gasteiger partial charge < -0.3 is 15.2 Å². The predicted octanol–water partition coefficient (Wildman–Crippen LogP) is 4.66. The van der Waals surface area contributed by atoms with Crippen molar-refractivity contribution in [3.63, 3.8) is 0 Å². The largest absolute Gasteiger partial charge is 0.348 e. The van der Waals surface area contributed by atoms with Gasteiger partial charge >= 0.3 is 0 Å². The molecule has 9 heteroatoms. The molecule has 0 bridgehead atoms. The number of benzene rings is 3. The minimum atomic E-state index is -0.320. The van der Waals surface area contributed by atoms with Crippen molar-refractivity contribution >= 4 is 17.5 Å². The van der Waals surface area contributed by atoms with Crippen LogP contribution in [0, 0.1) is 11.7 Å². The second-order valence-electron chi connectivity index (χ2n) is 9.27. The maximum atomic E-state index is 13.2. The molecule has 2 heterocycles. The van der Waals surface area contributed by atoms with Crippen molar-refractivity contribution in [2.45, 2.75) is 25.9 Å². The predicted molar refractivity (Wildman–Crippen MR) is 140 cm³/mol. The molecule has 1 saturated heterocycles. The number of carbonyl (C=O) groups is 2. The molecule has 1 fully saturated rings. The van der Waals surface area contributed by atoms with E-state index >= 15 is 0 Å². The number of hydrogen-bond donors (Lipinski definition) is 2. The molecular formula is C29H28FN5O3. The van der Waals surface area contributed by atoms with Gasteiger partial charge in [0.2, 0.25) is 17.6 Å². The zero-order valence-electron chi connectivity index (χ0n) is 20.8. The van der Waals surface area contributed by atoms with E-state index in [9.17, 15) is 14.0 Å². The van der Waals surface area contributed by atoms with Crippen LogP contribution in [0.2, 0.25) is 0 Å². The van der Waals surface area contributed by atoms with Crippen LogP contribution >= 0.6 is 0 Å². The van der Waals surface area contributed by atoms with Crippen LogP contribution in [-0.4, -0.2) is 39.9 Å². The highest BCUT2D eigenvalue weighted by molar-refractivity contribution is 6.04. The number of anilines is 1. The summed E-state index contributed by atoms with van der Waals surface area (Å²) >= 11 is 0. The van der Waals surface area contributed by atoms with E-state index in [1.165, 1.54) is 12.1 Å². The topological polar surface area (TPSA) is 100 Å². The molecule has 1 aliphatic heterocycles. The molecule has 0 aliphatic carbocycles. The van der Waals surface area contributed by atoms with Gasteiger partial charge in [0, 0.05) is 18.0 Å². The lowest BCUT2D eigenvalue weighted by atomic mass is 9.95. The first-order chi connectivity index (χ1) is 18.5. The number of rotatable bonds is 8. The Morgan fingerprint density at radius 1 is 0.947 bits per heavy atom. The third kappa shape index (κ3) is 6.30. The fraction of sp³-hybridized carbons (Fsp3) is 0.241. The lowest BCUT2D eigenvalue weighted by Gasteiger charge is -2.30. The molecule has 0 unspecified atom stereocenters. The van der Waals surface area contributed by atoms with Gasteiger partial charge in [0.25, 0.3) is 5.91 Å². The number of nitrogens with zero attached hydrogens (tertiary/aromatic N) is 3. The van der Waals surface area contributed by atoms with E-state index < -0.39 is 0 Å². The monoisotopic (exact) mass is 513 g/mol. The number of amides is 2. The first kappa shape index (κ1) is 25.3. The highest BCUT2D eigenvalue weighted by Gasteiger charge is 2.27. The molecule has 1 aromatic heterocycles. The molecule has 2 N–H and O–H groups in total. The molecule has 3 aromatic carbocycles. The number of nitrogens with one attached hydrogen (secondary N) is 2. The second kappa shape index (κ2) is 11.8. The maximum absolute atomic E-state index is 13.2. The third-order valence-electron chi connectivity index (χ3n) is 6.61. The van der Waals surface area contributed by atoms with Crippen LogP contribution in [0.5, 0.6) is 0 Å². The molecule has 4 aromatic rings. The fourth-order valence-corrected chi connectivity index (χ4v) is 4.48. The van der Waals surface area contributed by atoms with E-state index in [0.29, 0.717) is 67.6 Å². The highest BCUT2D eigenvalue weighted by Crippen LogP contribution is 2.23. The lowest BCUT2D eigenvalue weighted by molar-refractivity contribution is -0.121. The van der Waals surface area contributed by atoms with Crippen molar-refractivity contribution in [1.29, 1.82) is 0 Å². The zero-order chi connectivity index (χ0) is 26.3. The molecule has 5 rings (SSSR count).